The van der Waals surface area contributed by atoms with E-state index >= 15 is 0 Å². The standard InChI is InChI=1S/C25H25NO6/c1-23(2)12-18-21(19(27)13-23)24(29)22(28)15-7-5-6-8-16(15)25(24,30)26(18)17-10-9-14(31-3)11-20(17)32-4/h5-11,29-30H,12-13H2,1-4H3/t24-,25+/m1/s1. The average Bonchev–Trinajstić information content (AvgIpc) is 3.06. The fourth-order valence-corrected chi connectivity index (χ4v) is 5.48. The van der Waals surface area contributed by atoms with Crippen molar-refractivity contribution >= 4 is 17.3 Å². The minimum atomic E-state index is -2.41. The van der Waals surface area contributed by atoms with Crippen LogP contribution in [0.4, 0.5) is 5.69 Å². The Morgan fingerprint density at radius 2 is 1.69 bits per heavy atom. The lowest BCUT2D eigenvalue weighted by Gasteiger charge is -2.41. The molecule has 7 nitrogen and oxygen atoms in total. The molecule has 0 saturated heterocycles. The summed E-state index contributed by atoms with van der Waals surface area (Å²) in [7, 11) is 3.02. The maximum Gasteiger partial charge on any atom is 0.211 e. The summed E-state index contributed by atoms with van der Waals surface area (Å²) in [6, 6.07) is 11.6. The highest BCUT2D eigenvalue weighted by atomic mass is 16.5. The van der Waals surface area contributed by atoms with Gasteiger partial charge >= 0.3 is 0 Å². The van der Waals surface area contributed by atoms with Crippen molar-refractivity contribution in [3.8, 4) is 11.5 Å². The Kier molecular flexibility index (Phi) is 4.17. The number of Topliss-reactive ketones (excluding diaryl/α,β-unsaturated/α-hetero) is 2. The van der Waals surface area contributed by atoms with Crippen LogP contribution in [0.15, 0.2) is 53.7 Å². The minimum absolute atomic E-state index is 0.0293. The smallest absolute Gasteiger partial charge is 0.211 e. The monoisotopic (exact) mass is 435 g/mol. The van der Waals surface area contributed by atoms with Gasteiger partial charge in [-0.25, -0.2) is 0 Å². The molecule has 1 aliphatic heterocycles. The summed E-state index contributed by atoms with van der Waals surface area (Å²) < 4.78 is 10.9. The van der Waals surface area contributed by atoms with Gasteiger partial charge < -0.3 is 24.6 Å². The number of nitrogens with zero attached hydrogens (tertiary/aromatic N) is 1. The normalized spacial score (nSPS) is 27.9. The van der Waals surface area contributed by atoms with E-state index < -0.39 is 22.5 Å². The molecule has 0 amide bonds. The van der Waals surface area contributed by atoms with Crippen molar-refractivity contribution in [2.45, 2.75) is 38.0 Å². The zero-order valence-corrected chi connectivity index (χ0v) is 18.4. The number of hydrogen-bond acceptors (Lipinski definition) is 7. The van der Waals surface area contributed by atoms with Crippen LogP contribution in [-0.4, -0.2) is 41.6 Å². The molecule has 7 heteroatoms. The van der Waals surface area contributed by atoms with E-state index in [2.05, 4.69) is 0 Å². The molecule has 2 N–H and O–H groups in total. The number of hydrogen-bond donors (Lipinski definition) is 2. The minimum Gasteiger partial charge on any atom is -0.497 e. The summed E-state index contributed by atoms with van der Waals surface area (Å²) in [4.78, 5) is 28.4. The second-order valence-corrected chi connectivity index (χ2v) is 9.39. The fourth-order valence-electron chi connectivity index (χ4n) is 5.48. The number of allylic oxidation sites excluding steroid dienone is 1. The van der Waals surface area contributed by atoms with Crippen molar-refractivity contribution in [2.24, 2.45) is 5.41 Å². The lowest BCUT2D eigenvalue weighted by Crippen LogP contribution is -2.58. The van der Waals surface area contributed by atoms with Crippen LogP contribution in [0.3, 0.4) is 0 Å². The van der Waals surface area contributed by atoms with Crippen molar-refractivity contribution in [1.29, 1.82) is 0 Å². The molecule has 3 aliphatic rings. The van der Waals surface area contributed by atoms with E-state index in [0.717, 1.165) is 0 Å². The predicted molar refractivity (Wildman–Crippen MR) is 117 cm³/mol. The molecular formula is C25H25NO6. The van der Waals surface area contributed by atoms with E-state index in [4.69, 9.17) is 9.47 Å². The number of carbonyl (C=O) groups is 2. The highest BCUT2D eigenvalue weighted by molar-refractivity contribution is 6.19. The molecule has 0 unspecified atom stereocenters. The Balaban J connectivity index is 1.86. The first-order valence-electron chi connectivity index (χ1n) is 10.5. The maximum absolute atomic E-state index is 13.5. The molecule has 0 fully saturated rings. The van der Waals surface area contributed by atoms with Crippen molar-refractivity contribution in [3.05, 3.63) is 64.9 Å². The fraction of sp³-hybridized carbons (Fsp3) is 0.360. The van der Waals surface area contributed by atoms with Gasteiger partial charge in [0.2, 0.25) is 17.1 Å². The Bertz CT molecular complexity index is 1210. The first-order chi connectivity index (χ1) is 15.1. The van der Waals surface area contributed by atoms with Crippen LogP contribution in [0.5, 0.6) is 11.5 Å². The molecule has 0 bridgehead atoms. The third-order valence-electron chi connectivity index (χ3n) is 6.82. The van der Waals surface area contributed by atoms with E-state index in [1.165, 1.54) is 19.1 Å². The summed E-state index contributed by atoms with van der Waals surface area (Å²) >= 11 is 0. The van der Waals surface area contributed by atoms with Crippen molar-refractivity contribution in [3.63, 3.8) is 0 Å². The van der Waals surface area contributed by atoms with E-state index in [9.17, 15) is 19.8 Å². The SMILES string of the molecule is COc1ccc(N2C3=C(C(=O)CC(C)(C)C3)[C@@]3(O)C(=O)c4ccccc4[C@@]23O)c(OC)c1. The number of ketones is 2. The number of ether oxygens (including phenoxy) is 2. The van der Waals surface area contributed by atoms with Gasteiger partial charge in [0.05, 0.1) is 25.5 Å². The van der Waals surface area contributed by atoms with Crippen LogP contribution in [0, 0.1) is 5.41 Å². The highest BCUT2D eigenvalue weighted by Crippen LogP contribution is 2.62. The number of aliphatic hydroxyl groups is 2. The molecule has 5 rings (SSSR count). The quantitative estimate of drug-likeness (QED) is 0.765. The van der Waals surface area contributed by atoms with E-state index in [-0.39, 0.29) is 28.9 Å². The molecule has 1 heterocycles. The topological polar surface area (TPSA) is 96.3 Å². The summed E-state index contributed by atoms with van der Waals surface area (Å²) in [5.74, 6) is -0.0924. The third kappa shape index (κ3) is 2.32. The van der Waals surface area contributed by atoms with Crippen molar-refractivity contribution in [2.75, 3.05) is 19.1 Å². The number of anilines is 1. The van der Waals surface area contributed by atoms with Crippen LogP contribution in [0.2, 0.25) is 0 Å². The van der Waals surface area contributed by atoms with E-state index in [1.807, 2.05) is 13.8 Å². The maximum atomic E-state index is 13.5. The summed E-state index contributed by atoms with van der Waals surface area (Å²) in [5.41, 5.74) is -3.74. The summed E-state index contributed by atoms with van der Waals surface area (Å²) in [6.45, 7) is 3.91. The number of rotatable bonds is 3. The van der Waals surface area contributed by atoms with Crippen LogP contribution < -0.4 is 14.4 Å². The van der Waals surface area contributed by atoms with Gasteiger partial charge in [0.25, 0.3) is 0 Å². The van der Waals surface area contributed by atoms with Crippen LogP contribution in [0.25, 0.3) is 0 Å². The van der Waals surface area contributed by atoms with Crippen LogP contribution >= 0.6 is 0 Å². The number of methoxy groups -OCH3 is 2. The van der Waals surface area contributed by atoms with Crippen LogP contribution in [0.1, 0.15) is 42.6 Å². The summed E-state index contributed by atoms with van der Waals surface area (Å²) in [5, 5.41) is 24.2. The van der Waals surface area contributed by atoms with Crippen molar-refractivity contribution in [1.82, 2.24) is 0 Å². The molecule has 0 saturated carbocycles. The van der Waals surface area contributed by atoms with Gasteiger partial charge in [-0.15, -0.1) is 0 Å². The van der Waals surface area contributed by atoms with Crippen LogP contribution in [-0.2, 0) is 10.5 Å². The van der Waals surface area contributed by atoms with Crippen molar-refractivity contribution < 1.29 is 29.3 Å². The first-order valence-corrected chi connectivity index (χ1v) is 10.5. The lowest BCUT2D eigenvalue weighted by atomic mass is 9.72. The molecular weight excluding hydrogens is 410 g/mol. The molecule has 166 valence electrons. The predicted octanol–water partition coefficient (Wildman–Crippen LogP) is 2.94. The zero-order valence-electron chi connectivity index (χ0n) is 18.4. The zero-order chi connectivity index (χ0) is 23.1. The first kappa shape index (κ1) is 20.7. The molecule has 0 spiro atoms. The second kappa shape index (κ2) is 6.43. The molecule has 2 aromatic carbocycles. The van der Waals surface area contributed by atoms with Gasteiger partial charge in [-0.1, -0.05) is 38.1 Å². The van der Waals surface area contributed by atoms with Gasteiger partial charge in [0, 0.05) is 29.3 Å². The second-order valence-electron chi connectivity index (χ2n) is 9.39. The Labute approximate surface area is 185 Å². The highest BCUT2D eigenvalue weighted by Gasteiger charge is 2.74. The Morgan fingerprint density at radius 3 is 2.38 bits per heavy atom. The molecule has 32 heavy (non-hydrogen) atoms. The number of benzene rings is 2. The van der Waals surface area contributed by atoms with Gasteiger partial charge in [-0.2, -0.15) is 0 Å². The molecule has 2 aliphatic carbocycles. The Hall–Kier alpha value is -3.16. The molecule has 0 aromatic heterocycles. The molecule has 2 atom stereocenters. The molecule has 0 radical (unpaired) electrons. The molecule has 2 aromatic rings. The van der Waals surface area contributed by atoms with E-state index in [1.54, 1.807) is 42.5 Å². The lowest BCUT2D eigenvalue weighted by molar-refractivity contribution is -0.124. The van der Waals surface area contributed by atoms with Gasteiger partial charge in [-0.05, 0) is 24.0 Å². The number of carbonyl (C=O) groups excluding carboxylic acids is 2. The third-order valence-corrected chi connectivity index (χ3v) is 6.82. The van der Waals surface area contributed by atoms with E-state index in [0.29, 0.717) is 29.3 Å². The van der Waals surface area contributed by atoms with Gasteiger partial charge in [-0.3, -0.25) is 9.59 Å². The van der Waals surface area contributed by atoms with Gasteiger partial charge in [0.1, 0.15) is 11.5 Å². The average molecular weight is 435 g/mol. The number of fused-ring (bicyclic) bond motifs is 4. The van der Waals surface area contributed by atoms with Gasteiger partial charge in [0.15, 0.2) is 5.78 Å². The largest absolute Gasteiger partial charge is 0.497 e. The summed E-state index contributed by atoms with van der Waals surface area (Å²) in [6.07, 6.45) is 0.560. The Morgan fingerprint density at radius 1 is 0.969 bits per heavy atom.